The summed E-state index contributed by atoms with van der Waals surface area (Å²) in [7, 11) is 0. The highest BCUT2D eigenvalue weighted by Gasteiger charge is 2.31. The lowest BCUT2D eigenvalue weighted by molar-refractivity contribution is -0.384. The van der Waals surface area contributed by atoms with E-state index in [-0.39, 0.29) is 29.6 Å². The van der Waals surface area contributed by atoms with Crippen molar-refractivity contribution in [2.45, 2.75) is 26.3 Å². The van der Waals surface area contributed by atoms with Crippen molar-refractivity contribution in [3.05, 3.63) is 28.3 Å². The standard InChI is InChI=1S/C16H19N3O7/c1-3-9(2)15(16(22)23)17-13(20)7-18-11-6-10(19(24)25)4-5-12(11)26-8-14(18)21/h4-6,9,15H,3,7-8H2,1-2H3,(H,17,20)(H,22,23)/t9-,15-/m0/s1. The Hall–Kier alpha value is -3.17. The van der Waals surface area contributed by atoms with Crippen molar-refractivity contribution in [1.29, 1.82) is 0 Å². The lowest BCUT2D eigenvalue weighted by Crippen LogP contribution is -2.51. The fourth-order valence-corrected chi connectivity index (χ4v) is 2.52. The summed E-state index contributed by atoms with van der Waals surface area (Å²) in [6.07, 6.45) is 0.544. The van der Waals surface area contributed by atoms with Crippen molar-refractivity contribution in [2.75, 3.05) is 18.1 Å². The van der Waals surface area contributed by atoms with E-state index < -0.39 is 35.3 Å². The topological polar surface area (TPSA) is 139 Å². The van der Waals surface area contributed by atoms with E-state index in [9.17, 15) is 29.6 Å². The van der Waals surface area contributed by atoms with Gasteiger partial charge in [-0.3, -0.25) is 24.6 Å². The summed E-state index contributed by atoms with van der Waals surface area (Å²) in [5, 5.41) is 22.6. The third kappa shape index (κ3) is 4.08. The second kappa shape index (κ2) is 7.81. The van der Waals surface area contributed by atoms with Gasteiger partial charge in [-0.25, -0.2) is 4.79 Å². The molecule has 2 rings (SSSR count). The molecule has 1 aromatic rings. The average molecular weight is 365 g/mol. The van der Waals surface area contributed by atoms with Gasteiger partial charge in [0.15, 0.2) is 6.61 Å². The number of fused-ring (bicyclic) bond motifs is 1. The lowest BCUT2D eigenvalue weighted by Gasteiger charge is -2.29. The first kappa shape index (κ1) is 19.2. The molecule has 1 aromatic carbocycles. The number of nitrogens with zero attached hydrogens (tertiary/aromatic N) is 2. The van der Waals surface area contributed by atoms with Crippen LogP contribution in [-0.2, 0) is 14.4 Å². The number of nitrogens with one attached hydrogen (secondary N) is 1. The number of ether oxygens (including phenoxy) is 1. The largest absolute Gasteiger partial charge is 0.482 e. The van der Waals surface area contributed by atoms with Crippen LogP contribution in [0, 0.1) is 16.0 Å². The van der Waals surface area contributed by atoms with Crippen molar-refractivity contribution < 1.29 is 29.2 Å². The number of nitro benzene ring substituents is 1. The third-order valence-corrected chi connectivity index (χ3v) is 4.19. The van der Waals surface area contributed by atoms with Crippen molar-refractivity contribution in [3.8, 4) is 5.75 Å². The van der Waals surface area contributed by atoms with Crippen LogP contribution in [0.1, 0.15) is 20.3 Å². The Bertz CT molecular complexity index is 749. The molecule has 0 saturated carbocycles. The maximum Gasteiger partial charge on any atom is 0.326 e. The number of benzene rings is 1. The van der Waals surface area contributed by atoms with Crippen LogP contribution in [0.25, 0.3) is 0 Å². The Labute approximate surface area is 148 Å². The van der Waals surface area contributed by atoms with E-state index in [4.69, 9.17) is 4.74 Å². The molecule has 26 heavy (non-hydrogen) atoms. The maximum absolute atomic E-state index is 12.3. The second-order valence-electron chi connectivity index (χ2n) is 5.95. The number of aliphatic carboxylic acids is 1. The van der Waals surface area contributed by atoms with Gasteiger partial charge in [0.25, 0.3) is 11.6 Å². The summed E-state index contributed by atoms with van der Waals surface area (Å²) in [4.78, 5) is 47.1. The molecule has 1 heterocycles. The third-order valence-electron chi connectivity index (χ3n) is 4.19. The molecule has 0 aliphatic carbocycles. The number of non-ortho nitro benzene ring substituents is 1. The number of hydrogen-bond acceptors (Lipinski definition) is 6. The fraction of sp³-hybridized carbons (Fsp3) is 0.438. The number of carbonyl (C=O) groups excluding carboxylic acids is 2. The maximum atomic E-state index is 12.3. The number of anilines is 1. The number of hydrogen-bond donors (Lipinski definition) is 2. The average Bonchev–Trinajstić information content (AvgIpc) is 2.60. The molecular formula is C16H19N3O7. The number of amides is 2. The summed E-state index contributed by atoms with van der Waals surface area (Å²) >= 11 is 0. The molecule has 1 aliphatic rings. The summed E-state index contributed by atoms with van der Waals surface area (Å²) in [6, 6.07) is 2.64. The molecule has 10 heteroatoms. The van der Waals surface area contributed by atoms with E-state index >= 15 is 0 Å². The molecule has 0 radical (unpaired) electrons. The summed E-state index contributed by atoms with van der Waals surface area (Å²) in [6.45, 7) is 2.72. The van der Waals surface area contributed by atoms with E-state index in [1.54, 1.807) is 13.8 Å². The number of carboxylic acid groups (broad SMARTS) is 1. The van der Waals surface area contributed by atoms with Crippen molar-refractivity contribution >= 4 is 29.2 Å². The first-order valence-electron chi connectivity index (χ1n) is 7.98. The first-order chi connectivity index (χ1) is 12.2. The molecular weight excluding hydrogens is 346 g/mol. The Balaban J connectivity index is 2.22. The molecule has 0 fully saturated rings. The van der Waals surface area contributed by atoms with Crippen molar-refractivity contribution in [1.82, 2.24) is 5.32 Å². The molecule has 2 N–H and O–H groups in total. The molecule has 0 aromatic heterocycles. The minimum atomic E-state index is -1.17. The van der Waals surface area contributed by atoms with E-state index in [0.717, 1.165) is 11.0 Å². The summed E-state index contributed by atoms with van der Waals surface area (Å²) in [5.74, 6) is -2.46. The minimum Gasteiger partial charge on any atom is -0.482 e. The normalized spacial score (nSPS) is 15.5. The zero-order valence-electron chi connectivity index (χ0n) is 14.3. The van der Waals surface area contributed by atoms with Gasteiger partial charge in [-0.15, -0.1) is 0 Å². The van der Waals surface area contributed by atoms with Crippen LogP contribution < -0.4 is 15.0 Å². The van der Waals surface area contributed by atoms with Gasteiger partial charge < -0.3 is 15.2 Å². The lowest BCUT2D eigenvalue weighted by atomic mass is 9.99. The number of rotatable bonds is 7. The highest BCUT2D eigenvalue weighted by atomic mass is 16.6. The van der Waals surface area contributed by atoms with Gasteiger partial charge in [0.1, 0.15) is 18.3 Å². The van der Waals surface area contributed by atoms with Crippen LogP contribution in [-0.4, -0.2) is 47.0 Å². The first-order valence-corrected chi connectivity index (χ1v) is 7.98. The Morgan fingerprint density at radius 1 is 1.46 bits per heavy atom. The van der Waals surface area contributed by atoms with Crippen LogP contribution in [0.4, 0.5) is 11.4 Å². The molecule has 0 spiro atoms. The van der Waals surface area contributed by atoms with Gasteiger partial charge in [0.05, 0.1) is 10.6 Å². The smallest absolute Gasteiger partial charge is 0.326 e. The van der Waals surface area contributed by atoms with Crippen LogP contribution in [0.3, 0.4) is 0 Å². The van der Waals surface area contributed by atoms with E-state index in [0.29, 0.717) is 6.42 Å². The molecule has 0 bridgehead atoms. The highest BCUT2D eigenvalue weighted by molar-refractivity contribution is 6.02. The zero-order valence-corrected chi connectivity index (χ0v) is 14.3. The highest BCUT2D eigenvalue weighted by Crippen LogP contribution is 2.35. The Morgan fingerprint density at radius 3 is 2.73 bits per heavy atom. The van der Waals surface area contributed by atoms with Crippen LogP contribution in [0.5, 0.6) is 5.75 Å². The molecule has 1 aliphatic heterocycles. The van der Waals surface area contributed by atoms with Gasteiger partial charge in [0.2, 0.25) is 5.91 Å². The number of nitro groups is 1. The van der Waals surface area contributed by atoms with Crippen LogP contribution in [0.2, 0.25) is 0 Å². The predicted octanol–water partition coefficient (Wildman–Crippen LogP) is 0.936. The minimum absolute atomic E-state index is 0.0982. The van der Waals surface area contributed by atoms with Gasteiger partial charge in [-0.1, -0.05) is 20.3 Å². The van der Waals surface area contributed by atoms with E-state index in [2.05, 4.69) is 5.32 Å². The summed E-state index contributed by atoms with van der Waals surface area (Å²) in [5.41, 5.74) is -0.156. The van der Waals surface area contributed by atoms with Gasteiger partial charge in [-0.2, -0.15) is 0 Å². The SMILES string of the molecule is CC[C@H](C)[C@H](NC(=O)CN1C(=O)COc2ccc([N+](=O)[O-])cc21)C(=O)O. The van der Waals surface area contributed by atoms with Crippen LogP contribution >= 0.6 is 0 Å². The van der Waals surface area contributed by atoms with Crippen LogP contribution in [0.15, 0.2) is 18.2 Å². The van der Waals surface area contributed by atoms with E-state index in [1.165, 1.54) is 12.1 Å². The predicted molar refractivity (Wildman–Crippen MR) is 90.0 cm³/mol. The molecule has 2 amide bonds. The quantitative estimate of drug-likeness (QED) is 0.541. The Morgan fingerprint density at radius 2 is 2.15 bits per heavy atom. The fourth-order valence-electron chi connectivity index (χ4n) is 2.52. The molecule has 2 atom stereocenters. The van der Waals surface area contributed by atoms with Gasteiger partial charge in [-0.05, 0) is 12.0 Å². The van der Waals surface area contributed by atoms with Crippen molar-refractivity contribution in [2.24, 2.45) is 5.92 Å². The van der Waals surface area contributed by atoms with Gasteiger partial charge in [0, 0.05) is 12.1 Å². The van der Waals surface area contributed by atoms with E-state index in [1.807, 2.05) is 0 Å². The number of carboxylic acids is 1. The molecule has 0 unspecified atom stereocenters. The molecule has 0 saturated heterocycles. The van der Waals surface area contributed by atoms with Gasteiger partial charge >= 0.3 is 5.97 Å². The van der Waals surface area contributed by atoms with Crippen molar-refractivity contribution in [3.63, 3.8) is 0 Å². The monoisotopic (exact) mass is 365 g/mol. The molecule has 140 valence electrons. The summed E-state index contributed by atoms with van der Waals surface area (Å²) < 4.78 is 5.22. The Kier molecular flexibility index (Phi) is 5.75. The number of carbonyl (C=O) groups is 3. The second-order valence-corrected chi connectivity index (χ2v) is 5.95. The molecule has 10 nitrogen and oxygen atoms in total. The zero-order chi connectivity index (χ0) is 19.4.